The van der Waals surface area contributed by atoms with Crippen LogP contribution in [0.15, 0.2) is 23.3 Å². The van der Waals surface area contributed by atoms with E-state index in [-0.39, 0.29) is 6.61 Å². The smallest absolute Gasteiger partial charge is 0.247 e. The minimum absolute atomic E-state index is 0.116. The van der Waals surface area contributed by atoms with Crippen LogP contribution in [0.4, 0.5) is 0 Å². The van der Waals surface area contributed by atoms with Crippen molar-refractivity contribution in [2.75, 3.05) is 6.61 Å². The second-order valence-corrected chi connectivity index (χ2v) is 5.08. The molecule has 0 aromatic heterocycles. The monoisotopic (exact) mass is 188 g/mol. The molecule has 1 aliphatic heterocycles. The van der Waals surface area contributed by atoms with Crippen LogP contribution < -0.4 is 0 Å². The van der Waals surface area contributed by atoms with E-state index in [0.29, 0.717) is 0 Å². The lowest BCUT2D eigenvalue weighted by atomic mass is 10.4. The first-order valence-corrected chi connectivity index (χ1v) is 5.59. The zero-order valence-corrected chi connectivity index (χ0v) is 8.12. The highest BCUT2D eigenvalue weighted by Gasteiger charge is 2.20. The molecule has 1 N–H and O–H groups in total. The molecule has 0 aromatic carbocycles. The summed E-state index contributed by atoms with van der Waals surface area (Å²) in [6.07, 6.45) is 1.20. The van der Waals surface area contributed by atoms with Crippen molar-refractivity contribution in [2.24, 2.45) is 0 Å². The van der Waals surface area contributed by atoms with Gasteiger partial charge in [0.2, 0.25) is 7.37 Å². The van der Waals surface area contributed by atoms with Crippen LogP contribution in [-0.4, -0.2) is 17.8 Å². The van der Waals surface area contributed by atoms with Crippen LogP contribution in [0.25, 0.3) is 0 Å². The third kappa shape index (κ3) is 2.59. The molecule has 4 heteroatoms. The third-order valence-corrected chi connectivity index (χ3v) is 3.33. The number of aliphatic hydroxyl groups excluding tert-OH is 1. The Morgan fingerprint density at radius 1 is 1.75 bits per heavy atom. The van der Waals surface area contributed by atoms with Crippen LogP contribution >= 0.6 is 7.37 Å². The Bertz CT molecular complexity index is 265. The summed E-state index contributed by atoms with van der Waals surface area (Å²) in [6, 6.07) is 0. The second-order valence-electron chi connectivity index (χ2n) is 2.98. The van der Waals surface area contributed by atoms with Crippen molar-refractivity contribution in [3.8, 4) is 0 Å². The standard InChI is InChI=1S/C8H13O3P/c1-7-3-4-12(10,6-7)11-5-8(2)9/h3-4,6,8-9H,5H2,1-2H3. The lowest BCUT2D eigenvalue weighted by molar-refractivity contribution is 0.126. The molecule has 0 aliphatic carbocycles. The van der Waals surface area contributed by atoms with E-state index in [2.05, 4.69) is 0 Å². The van der Waals surface area contributed by atoms with Crippen molar-refractivity contribution in [1.29, 1.82) is 0 Å². The first-order chi connectivity index (χ1) is 5.52. The first-order valence-electron chi connectivity index (χ1n) is 3.82. The SMILES string of the molecule is CC1=CP(=O)(OCC(C)O)C=C1. The fourth-order valence-corrected chi connectivity index (χ4v) is 2.69. The molecule has 0 spiro atoms. The second kappa shape index (κ2) is 3.56. The summed E-state index contributed by atoms with van der Waals surface area (Å²) in [7, 11) is -2.68. The minimum atomic E-state index is -2.68. The van der Waals surface area contributed by atoms with Crippen molar-refractivity contribution in [1.82, 2.24) is 0 Å². The normalized spacial score (nSPS) is 30.4. The van der Waals surface area contributed by atoms with Gasteiger partial charge in [-0.1, -0.05) is 6.08 Å². The van der Waals surface area contributed by atoms with Gasteiger partial charge in [0, 0.05) is 11.6 Å². The molecule has 0 saturated carbocycles. The Hall–Kier alpha value is -0.370. The van der Waals surface area contributed by atoms with Gasteiger partial charge in [0.25, 0.3) is 0 Å². The van der Waals surface area contributed by atoms with Crippen molar-refractivity contribution < 1.29 is 14.2 Å². The Balaban J connectivity index is 2.53. The molecule has 1 aliphatic rings. The molecule has 12 heavy (non-hydrogen) atoms. The Morgan fingerprint density at radius 3 is 2.83 bits per heavy atom. The molecule has 0 amide bonds. The Labute approximate surface area is 72.2 Å². The predicted molar refractivity (Wildman–Crippen MR) is 48.1 cm³/mol. The summed E-state index contributed by atoms with van der Waals surface area (Å²) in [4.78, 5) is 0. The molecule has 0 saturated heterocycles. The van der Waals surface area contributed by atoms with Gasteiger partial charge in [-0.25, -0.2) is 0 Å². The van der Waals surface area contributed by atoms with Crippen molar-refractivity contribution in [3.63, 3.8) is 0 Å². The van der Waals surface area contributed by atoms with Crippen LogP contribution in [0.2, 0.25) is 0 Å². The average Bonchev–Trinajstić information content (AvgIpc) is 2.29. The van der Waals surface area contributed by atoms with Crippen molar-refractivity contribution >= 4 is 7.37 Å². The molecule has 3 nitrogen and oxygen atoms in total. The zero-order chi connectivity index (χ0) is 9.19. The summed E-state index contributed by atoms with van der Waals surface area (Å²) in [5.74, 6) is 3.17. The fourth-order valence-electron chi connectivity index (χ4n) is 0.896. The van der Waals surface area contributed by atoms with Gasteiger partial charge < -0.3 is 9.63 Å². The van der Waals surface area contributed by atoms with Crippen LogP contribution in [0.3, 0.4) is 0 Å². The fraction of sp³-hybridized carbons (Fsp3) is 0.500. The third-order valence-electron chi connectivity index (χ3n) is 1.45. The molecule has 0 bridgehead atoms. The van der Waals surface area contributed by atoms with Gasteiger partial charge in [-0.05, 0) is 19.4 Å². The highest BCUT2D eigenvalue weighted by Crippen LogP contribution is 2.54. The van der Waals surface area contributed by atoms with E-state index in [9.17, 15) is 4.57 Å². The van der Waals surface area contributed by atoms with E-state index in [1.165, 1.54) is 0 Å². The van der Waals surface area contributed by atoms with Gasteiger partial charge in [-0.15, -0.1) is 0 Å². The molecule has 0 radical (unpaired) electrons. The van der Waals surface area contributed by atoms with Gasteiger partial charge in [-0.2, -0.15) is 0 Å². The van der Waals surface area contributed by atoms with Gasteiger partial charge in [0.15, 0.2) is 0 Å². The van der Waals surface area contributed by atoms with E-state index in [1.807, 2.05) is 6.92 Å². The number of allylic oxidation sites excluding steroid dienone is 2. The Kier molecular flexibility index (Phi) is 2.89. The lowest BCUT2D eigenvalue weighted by Crippen LogP contribution is -2.07. The number of rotatable bonds is 3. The maximum absolute atomic E-state index is 11.6. The minimum Gasteiger partial charge on any atom is -0.391 e. The molecule has 1 rings (SSSR count). The highest BCUT2D eigenvalue weighted by molar-refractivity contribution is 7.65. The van der Waals surface area contributed by atoms with Gasteiger partial charge in [0.05, 0.1) is 12.7 Å². The van der Waals surface area contributed by atoms with E-state index in [0.717, 1.165) is 5.57 Å². The molecule has 2 atom stereocenters. The average molecular weight is 188 g/mol. The van der Waals surface area contributed by atoms with Gasteiger partial charge >= 0.3 is 0 Å². The molecular weight excluding hydrogens is 175 g/mol. The van der Waals surface area contributed by atoms with E-state index in [1.54, 1.807) is 24.6 Å². The van der Waals surface area contributed by atoms with Gasteiger partial charge in [-0.3, -0.25) is 4.57 Å². The first kappa shape index (κ1) is 9.72. The van der Waals surface area contributed by atoms with Crippen LogP contribution in [0, 0.1) is 0 Å². The van der Waals surface area contributed by atoms with Crippen LogP contribution in [0.1, 0.15) is 13.8 Å². The van der Waals surface area contributed by atoms with E-state index in [4.69, 9.17) is 9.63 Å². The largest absolute Gasteiger partial charge is 0.391 e. The van der Waals surface area contributed by atoms with Gasteiger partial charge in [0.1, 0.15) is 0 Å². The summed E-state index contributed by atoms with van der Waals surface area (Å²) < 4.78 is 16.7. The lowest BCUT2D eigenvalue weighted by Gasteiger charge is -2.09. The summed E-state index contributed by atoms with van der Waals surface area (Å²) >= 11 is 0. The zero-order valence-electron chi connectivity index (χ0n) is 7.23. The van der Waals surface area contributed by atoms with Crippen LogP contribution in [0.5, 0.6) is 0 Å². The molecule has 1 heterocycles. The molecule has 68 valence electrons. The summed E-state index contributed by atoms with van der Waals surface area (Å²) in [6.45, 7) is 3.58. The van der Waals surface area contributed by atoms with Crippen molar-refractivity contribution in [3.05, 3.63) is 23.3 Å². The van der Waals surface area contributed by atoms with E-state index < -0.39 is 13.5 Å². The quantitative estimate of drug-likeness (QED) is 0.690. The molecule has 0 aromatic rings. The summed E-state index contributed by atoms with van der Waals surface area (Å²) in [5.41, 5.74) is 0.948. The number of hydrogen-bond donors (Lipinski definition) is 1. The molecule has 0 fully saturated rings. The highest BCUT2D eigenvalue weighted by atomic mass is 31.2. The molecular formula is C8H13O3P. The maximum atomic E-state index is 11.6. The predicted octanol–water partition coefficient (Wildman–Crippen LogP) is 2.09. The Morgan fingerprint density at radius 2 is 2.42 bits per heavy atom. The number of aliphatic hydroxyl groups is 1. The summed E-state index contributed by atoms with van der Waals surface area (Å²) in [5, 5.41) is 8.90. The van der Waals surface area contributed by atoms with Crippen molar-refractivity contribution in [2.45, 2.75) is 20.0 Å². The molecule has 2 unspecified atom stereocenters. The maximum Gasteiger partial charge on any atom is 0.247 e. The van der Waals surface area contributed by atoms with E-state index >= 15 is 0 Å². The topological polar surface area (TPSA) is 46.5 Å². The number of hydrogen-bond acceptors (Lipinski definition) is 3. The van der Waals surface area contributed by atoms with Crippen LogP contribution in [-0.2, 0) is 9.09 Å².